The average molecular weight is 434 g/mol. The van der Waals surface area contributed by atoms with Crippen molar-refractivity contribution in [1.82, 2.24) is 20.4 Å². The molecule has 3 heterocycles. The van der Waals surface area contributed by atoms with Gasteiger partial charge in [-0.15, -0.1) is 0 Å². The van der Waals surface area contributed by atoms with Crippen molar-refractivity contribution in [3.05, 3.63) is 59.6 Å². The molecule has 0 radical (unpaired) electrons. The SMILES string of the molecule is CCN1C(=O)NC(c2cccc(OC)c2)C(c2nc(-c3ccc4c(c3)OCO4)no2)=C1C. The Labute approximate surface area is 184 Å². The van der Waals surface area contributed by atoms with E-state index in [1.807, 2.05) is 56.3 Å². The van der Waals surface area contributed by atoms with E-state index in [4.69, 9.17) is 18.7 Å². The third-order valence-electron chi connectivity index (χ3n) is 5.63. The number of urea groups is 1. The molecule has 0 bridgehead atoms. The van der Waals surface area contributed by atoms with Crippen molar-refractivity contribution in [2.75, 3.05) is 20.4 Å². The van der Waals surface area contributed by atoms with E-state index in [2.05, 4.69) is 15.5 Å². The highest BCUT2D eigenvalue weighted by Crippen LogP contribution is 2.39. The van der Waals surface area contributed by atoms with Crippen LogP contribution in [0.25, 0.3) is 17.0 Å². The molecule has 0 saturated heterocycles. The molecule has 1 N–H and O–H groups in total. The van der Waals surface area contributed by atoms with Gasteiger partial charge in [0.25, 0.3) is 5.89 Å². The zero-order chi connectivity index (χ0) is 22.2. The molecule has 0 spiro atoms. The van der Waals surface area contributed by atoms with Crippen LogP contribution in [0.4, 0.5) is 4.79 Å². The van der Waals surface area contributed by atoms with Crippen LogP contribution < -0.4 is 19.5 Å². The van der Waals surface area contributed by atoms with E-state index in [-0.39, 0.29) is 12.8 Å². The second-order valence-corrected chi connectivity index (χ2v) is 7.39. The third kappa shape index (κ3) is 3.31. The smallest absolute Gasteiger partial charge is 0.322 e. The number of nitrogens with one attached hydrogen (secondary N) is 1. The van der Waals surface area contributed by atoms with Gasteiger partial charge in [-0.25, -0.2) is 4.79 Å². The second kappa shape index (κ2) is 7.92. The van der Waals surface area contributed by atoms with Crippen LogP contribution in [0.15, 0.2) is 52.7 Å². The third-order valence-corrected chi connectivity index (χ3v) is 5.63. The van der Waals surface area contributed by atoms with Gasteiger partial charge in [0.05, 0.1) is 18.7 Å². The number of carbonyl (C=O) groups is 1. The lowest BCUT2D eigenvalue weighted by Gasteiger charge is -2.34. The fraction of sp³-hybridized carbons (Fsp3) is 0.261. The molecule has 1 aromatic heterocycles. The first-order valence-electron chi connectivity index (χ1n) is 10.3. The Hall–Kier alpha value is -4.01. The molecule has 9 nitrogen and oxygen atoms in total. The Bertz CT molecular complexity index is 1220. The van der Waals surface area contributed by atoms with Crippen molar-refractivity contribution in [1.29, 1.82) is 0 Å². The Kier molecular flexibility index (Phi) is 4.93. The summed E-state index contributed by atoms with van der Waals surface area (Å²) >= 11 is 0. The summed E-state index contributed by atoms with van der Waals surface area (Å²) in [7, 11) is 1.61. The minimum atomic E-state index is -0.467. The van der Waals surface area contributed by atoms with Crippen molar-refractivity contribution in [3.63, 3.8) is 0 Å². The van der Waals surface area contributed by atoms with Crippen molar-refractivity contribution in [2.45, 2.75) is 19.9 Å². The topological polar surface area (TPSA) is 99.0 Å². The summed E-state index contributed by atoms with van der Waals surface area (Å²) in [5.74, 6) is 2.77. The molecular weight excluding hydrogens is 412 g/mol. The predicted octanol–water partition coefficient (Wildman–Crippen LogP) is 3.99. The Morgan fingerprint density at radius 3 is 2.84 bits per heavy atom. The molecule has 9 heteroatoms. The minimum absolute atomic E-state index is 0.183. The van der Waals surface area contributed by atoms with E-state index in [0.717, 1.165) is 22.4 Å². The first kappa shape index (κ1) is 19.9. The summed E-state index contributed by atoms with van der Waals surface area (Å²) in [6, 6.07) is 12.4. The van der Waals surface area contributed by atoms with Crippen LogP contribution in [0.5, 0.6) is 17.2 Å². The number of allylic oxidation sites excluding steroid dienone is 1. The maximum atomic E-state index is 12.7. The number of carbonyl (C=O) groups excluding carboxylic acids is 1. The predicted molar refractivity (Wildman–Crippen MR) is 115 cm³/mol. The molecular formula is C23H22N4O5. The molecule has 2 aliphatic rings. The minimum Gasteiger partial charge on any atom is -0.497 e. The number of methoxy groups -OCH3 is 1. The number of ether oxygens (including phenoxy) is 3. The number of nitrogens with zero attached hydrogens (tertiary/aromatic N) is 3. The van der Waals surface area contributed by atoms with Gasteiger partial charge in [-0.1, -0.05) is 17.3 Å². The highest BCUT2D eigenvalue weighted by atomic mass is 16.7. The van der Waals surface area contributed by atoms with Crippen LogP contribution in [0.2, 0.25) is 0 Å². The molecule has 3 aromatic rings. The molecule has 164 valence electrons. The van der Waals surface area contributed by atoms with Crippen LogP contribution in [0.1, 0.15) is 31.3 Å². The van der Waals surface area contributed by atoms with Gasteiger partial charge in [-0.2, -0.15) is 4.98 Å². The summed E-state index contributed by atoms with van der Waals surface area (Å²) in [6.45, 7) is 4.50. The monoisotopic (exact) mass is 434 g/mol. The fourth-order valence-corrected chi connectivity index (χ4v) is 4.00. The van der Waals surface area contributed by atoms with Crippen LogP contribution >= 0.6 is 0 Å². The molecule has 1 atom stereocenters. The molecule has 32 heavy (non-hydrogen) atoms. The van der Waals surface area contributed by atoms with Crippen molar-refractivity contribution in [2.24, 2.45) is 0 Å². The highest BCUT2D eigenvalue weighted by molar-refractivity contribution is 5.87. The quantitative estimate of drug-likeness (QED) is 0.648. The summed E-state index contributed by atoms with van der Waals surface area (Å²) in [6.07, 6.45) is 0. The standard InChI is InChI=1S/C23H22N4O5/c1-4-27-13(2)19(20(24-23(27)28)14-6-5-7-16(10-14)29-3)22-25-21(26-32-22)15-8-9-17-18(11-15)31-12-30-17/h5-11,20H,4,12H2,1-3H3,(H,24,28). The zero-order valence-corrected chi connectivity index (χ0v) is 17.9. The van der Waals surface area contributed by atoms with E-state index in [1.54, 1.807) is 12.0 Å². The molecule has 2 amide bonds. The van der Waals surface area contributed by atoms with Crippen molar-refractivity contribution in [3.8, 4) is 28.6 Å². The van der Waals surface area contributed by atoms with Gasteiger partial charge >= 0.3 is 6.03 Å². The lowest BCUT2D eigenvalue weighted by molar-refractivity contribution is 0.174. The van der Waals surface area contributed by atoms with Gasteiger partial charge in [-0.3, -0.25) is 4.90 Å². The van der Waals surface area contributed by atoms with E-state index >= 15 is 0 Å². The maximum Gasteiger partial charge on any atom is 0.322 e. The first-order chi connectivity index (χ1) is 15.6. The molecule has 0 fully saturated rings. The molecule has 2 aromatic carbocycles. The van der Waals surface area contributed by atoms with Crippen LogP contribution in [-0.2, 0) is 0 Å². The number of benzene rings is 2. The Morgan fingerprint density at radius 2 is 2.03 bits per heavy atom. The number of hydrogen-bond donors (Lipinski definition) is 1. The van der Waals surface area contributed by atoms with E-state index < -0.39 is 6.04 Å². The first-order valence-corrected chi connectivity index (χ1v) is 10.3. The average Bonchev–Trinajstić information content (AvgIpc) is 3.48. The van der Waals surface area contributed by atoms with Gasteiger partial charge < -0.3 is 24.1 Å². The number of aromatic nitrogens is 2. The highest BCUT2D eigenvalue weighted by Gasteiger charge is 2.35. The van der Waals surface area contributed by atoms with Crippen molar-refractivity contribution >= 4 is 11.6 Å². The lowest BCUT2D eigenvalue weighted by atomic mass is 9.94. The Balaban J connectivity index is 1.58. The summed E-state index contributed by atoms with van der Waals surface area (Å²) in [5.41, 5.74) is 3.09. The van der Waals surface area contributed by atoms with Gasteiger partial charge in [-0.05, 0) is 49.7 Å². The van der Waals surface area contributed by atoms with Gasteiger partial charge in [0.15, 0.2) is 11.5 Å². The largest absolute Gasteiger partial charge is 0.497 e. The molecule has 0 saturated carbocycles. The van der Waals surface area contributed by atoms with Crippen LogP contribution in [0.3, 0.4) is 0 Å². The zero-order valence-electron chi connectivity index (χ0n) is 17.9. The molecule has 1 unspecified atom stereocenters. The van der Waals surface area contributed by atoms with Gasteiger partial charge in [0, 0.05) is 17.8 Å². The second-order valence-electron chi connectivity index (χ2n) is 7.39. The number of hydrogen-bond acceptors (Lipinski definition) is 7. The molecule has 2 aliphatic heterocycles. The summed E-state index contributed by atoms with van der Waals surface area (Å²) < 4.78 is 21.9. The molecule has 0 aliphatic carbocycles. The van der Waals surface area contributed by atoms with Crippen molar-refractivity contribution < 1.29 is 23.5 Å². The maximum absolute atomic E-state index is 12.7. The van der Waals surface area contributed by atoms with Gasteiger partial charge in [0.1, 0.15) is 5.75 Å². The number of fused-ring (bicyclic) bond motifs is 1. The lowest BCUT2D eigenvalue weighted by Crippen LogP contribution is -2.45. The van der Waals surface area contributed by atoms with E-state index in [0.29, 0.717) is 35.5 Å². The summed E-state index contributed by atoms with van der Waals surface area (Å²) in [5, 5.41) is 7.24. The van der Waals surface area contributed by atoms with E-state index in [1.165, 1.54) is 0 Å². The van der Waals surface area contributed by atoms with Crippen LogP contribution in [0, 0.1) is 0 Å². The number of amides is 2. The number of rotatable bonds is 5. The van der Waals surface area contributed by atoms with Crippen LogP contribution in [-0.4, -0.2) is 41.5 Å². The van der Waals surface area contributed by atoms with Gasteiger partial charge in [0.2, 0.25) is 12.6 Å². The normalized spacial score (nSPS) is 17.5. The Morgan fingerprint density at radius 1 is 1.19 bits per heavy atom. The summed E-state index contributed by atoms with van der Waals surface area (Å²) in [4.78, 5) is 19.0. The fourth-order valence-electron chi connectivity index (χ4n) is 4.00. The van der Waals surface area contributed by atoms with E-state index in [9.17, 15) is 4.79 Å². The molecule has 5 rings (SSSR count).